The Morgan fingerprint density at radius 2 is 2.16 bits per heavy atom. The molecule has 0 amide bonds. The lowest BCUT2D eigenvalue weighted by molar-refractivity contribution is 0.0689. The van der Waals surface area contributed by atoms with Crippen LogP contribution in [-0.4, -0.2) is 33.1 Å². The molecule has 2 N–H and O–H groups in total. The number of aryl methyl sites for hydroxylation is 1. The van der Waals surface area contributed by atoms with Gasteiger partial charge in [0.25, 0.3) is 0 Å². The first-order chi connectivity index (χ1) is 8.95. The minimum Gasteiger partial charge on any atom is -0.505 e. The van der Waals surface area contributed by atoms with Gasteiger partial charge in [-0.15, -0.1) is 0 Å². The molecule has 0 aliphatic carbocycles. The number of nitrogens with zero attached hydrogens (tertiary/aromatic N) is 2. The SMILES string of the molecule is COc1c(-c2cc(C(=O)O)nn2C)ccc(O)c1F. The molecule has 2 aromatic rings. The summed E-state index contributed by atoms with van der Waals surface area (Å²) in [6, 6.07) is 3.90. The summed E-state index contributed by atoms with van der Waals surface area (Å²) in [5.41, 5.74) is 0.515. The number of carboxylic acids is 1. The predicted octanol–water partition coefficient (Wildman–Crippen LogP) is 1.64. The average Bonchev–Trinajstić information content (AvgIpc) is 2.75. The summed E-state index contributed by atoms with van der Waals surface area (Å²) >= 11 is 0. The smallest absolute Gasteiger partial charge is 0.356 e. The molecule has 7 heteroatoms. The van der Waals surface area contributed by atoms with Crippen molar-refractivity contribution in [2.45, 2.75) is 0 Å². The highest BCUT2D eigenvalue weighted by Gasteiger charge is 2.19. The summed E-state index contributed by atoms with van der Waals surface area (Å²) < 4.78 is 19.9. The molecular weight excluding hydrogens is 255 g/mol. The lowest BCUT2D eigenvalue weighted by Gasteiger charge is -2.10. The second kappa shape index (κ2) is 4.60. The van der Waals surface area contributed by atoms with Gasteiger partial charge in [-0.3, -0.25) is 4.68 Å². The molecule has 0 spiro atoms. The van der Waals surface area contributed by atoms with Crippen LogP contribution in [0.3, 0.4) is 0 Å². The Labute approximate surface area is 107 Å². The van der Waals surface area contributed by atoms with Crippen LogP contribution < -0.4 is 4.74 Å². The number of carbonyl (C=O) groups is 1. The van der Waals surface area contributed by atoms with E-state index in [-0.39, 0.29) is 11.4 Å². The third-order valence-corrected chi connectivity index (χ3v) is 2.66. The minimum absolute atomic E-state index is 0.159. The summed E-state index contributed by atoms with van der Waals surface area (Å²) in [6.07, 6.45) is 0. The van der Waals surface area contributed by atoms with Crippen LogP contribution in [0.5, 0.6) is 11.5 Å². The van der Waals surface area contributed by atoms with Crippen molar-refractivity contribution < 1.29 is 24.1 Å². The number of aromatic hydroxyl groups is 1. The van der Waals surface area contributed by atoms with Crippen molar-refractivity contribution in [3.05, 3.63) is 29.7 Å². The van der Waals surface area contributed by atoms with E-state index in [4.69, 9.17) is 9.84 Å². The molecule has 6 nitrogen and oxygen atoms in total. The van der Waals surface area contributed by atoms with Gasteiger partial charge in [-0.05, 0) is 18.2 Å². The zero-order valence-electron chi connectivity index (χ0n) is 10.2. The number of aromatic carboxylic acids is 1. The van der Waals surface area contributed by atoms with Crippen LogP contribution in [-0.2, 0) is 7.05 Å². The maximum Gasteiger partial charge on any atom is 0.356 e. The number of rotatable bonds is 3. The third kappa shape index (κ3) is 2.10. The third-order valence-electron chi connectivity index (χ3n) is 2.66. The van der Waals surface area contributed by atoms with Crippen molar-refractivity contribution in [2.75, 3.05) is 7.11 Å². The van der Waals surface area contributed by atoms with Crippen LogP contribution in [0, 0.1) is 5.82 Å². The van der Waals surface area contributed by atoms with Gasteiger partial charge in [0.1, 0.15) is 0 Å². The maximum atomic E-state index is 13.7. The minimum atomic E-state index is -1.18. The largest absolute Gasteiger partial charge is 0.505 e. The van der Waals surface area contributed by atoms with E-state index in [1.165, 1.54) is 37.0 Å². The molecule has 1 aromatic carbocycles. The second-order valence-corrected chi connectivity index (χ2v) is 3.82. The standard InChI is InChI=1S/C12H11FN2O4/c1-15-8(5-7(14-15)12(17)18)6-3-4-9(16)10(13)11(6)19-2/h3-5,16H,1-2H3,(H,17,18). The van der Waals surface area contributed by atoms with Gasteiger partial charge >= 0.3 is 5.97 Å². The topological polar surface area (TPSA) is 84.6 Å². The maximum absolute atomic E-state index is 13.7. The van der Waals surface area contributed by atoms with E-state index in [2.05, 4.69) is 5.10 Å². The number of phenolic OH excluding ortho intramolecular Hbond substituents is 1. The van der Waals surface area contributed by atoms with Crippen LogP contribution in [0.1, 0.15) is 10.5 Å². The van der Waals surface area contributed by atoms with E-state index >= 15 is 0 Å². The van der Waals surface area contributed by atoms with Crippen LogP contribution in [0.4, 0.5) is 4.39 Å². The first-order valence-corrected chi connectivity index (χ1v) is 5.29. The van der Waals surface area contributed by atoms with E-state index in [1.54, 1.807) is 0 Å². The first kappa shape index (κ1) is 12.9. The Morgan fingerprint density at radius 3 is 2.68 bits per heavy atom. The van der Waals surface area contributed by atoms with Crippen molar-refractivity contribution >= 4 is 5.97 Å². The number of hydrogen-bond donors (Lipinski definition) is 2. The number of ether oxygens (including phenoxy) is 1. The van der Waals surface area contributed by atoms with Gasteiger partial charge < -0.3 is 14.9 Å². The average molecular weight is 266 g/mol. The lowest BCUT2D eigenvalue weighted by atomic mass is 10.1. The molecule has 0 aliphatic heterocycles. The Hall–Kier alpha value is -2.57. The Balaban J connectivity index is 2.65. The van der Waals surface area contributed by atoms with E-state index in [0.717, 1.165) is 0 Å². The molecule has 0 aliphatic rings. The molecule has 0 fully saturated rings. The zero-order chi connectivity index (χ0) is 14.2. The Kier molecular flexibility index (Phi) is 3.12. The Bertz CT molecular complexity index is 651. The van der Waals surface area contributed by atoms with E-state index in [0.29, 0.717) is 11.3 Å². The van der Waals surface area contributed by atoms with Gasteiger partial charge in [0, 0.05) is 12.6 Å². The fourth-order valence-corrected chi connectivity index (χ4v) is 1.77. The fourth-order valence-electron chi connectivity index (χ4n) is 1.77. The van der Waals surface area contributed by atoms with Gasteiger partial charge in [-0.25, -0.2) is 4.79 Å². The number of hydrogen-bond acceptors (Lipinski definition) is 4. The van der Waals surface area contributed by atoms with E-state index < -0.39 is 17.5 Å². The van der Waals surface area contributed by atoms with Crippen molar-refractivity contribution in [2.24, 2.45) is 7.05 Å². The zero-order valence-corrected chi connectivity index (χ0v) is 10.2. The van der Waals surface area contributed by atoms with Gasteiger partial charge in [0.15, 0.2) is 17.2 Å². The highest BCUT2D eigenvalue weighted by atomic mass is 19.1. The van der Waals surface area contributed by atoms with Crippen molar-refractivity contribution in [1.82, 2.24) is 9.78 Å². The Morgan fingerprint density at radius 1 is 1.47 bits per heavy atom. The van der Waals surface area contributed by atoms with E-state index in [1.807, 2.05) is 0 Å². The highest BCUT2D eigenvalue weighted by Crippen LogP contribution is 2.36. The molecule has 0 unspecified atom stereocenters. The van der Waals surface area contributed by atoms with E-state index in [9.17, 15) is 14.3 Å². The molecule has 2 rings (SSSR count). The monoisotopic (exact) mass is 266 g/mol. The molecule has 0 saturated heterocycles. The summed E-state index contributed by atoms with van der Waals surface area (Å²) in [6.45, 7) is 0. The molecule has 0 radical (unpaired) electrons. The number of carboxylic acid groups (broad SMARTS) is 1. The van der Waals surface area contributed by atoms with Crippen molar-refractivity contribution in [3.8, 4) is 22.8 Å². The first-order valence-electron chi connectivity index (χ1n) is 5.29. The second-order valence-electron chi connectivity index (χ2n) is 3.82. The summed E-state index contributed by atoms with van der Waals surface area (Å²) in [5.74, 6) is -2.79. The normalized spacial score (nSPS) is 10.5. The molecule has 0 atom stereocenters. The molecule has 0 bridgehead atoms. The number of phenols is 1. The lowest BCUT2D eigenvalue weighted by Crippen LogP contribution is -2.00. The predicted molar refractivity (Wildman–Crippen MR) is 63.8 cm³/mol. The quantitative estimate of drug-likeness (QED) is 0.882. The van der Waals surface area contributed by atoms with Crippen molar-refractivity contribution in [3.63, 3.8) is 0 Å². The molecule has 19 heavy (non-hydrogen) atoms. The molecule has 0 saturated carbocycles. The number of benzene rings is 1. The molecule has 100 valence electrons. The highest BCUT2D eigenvalue weighted by molar-refractivity contribution is 5.87. The summed E-state index contributed by atoms with van der Waals surface area (Å²) in [5, 5.41) is 22.0. The summed E-state index contributed by atoms with van der Waals surface area (Å²) in [4.78, 5) is 10.9. The number of halogens is 1. The van der Waals surface area contributed by atoms with Crippen LogP contribution in [0.2, 0.25) is 0 Å². The number of methoxy groups -OCH3 is 1. The fraction of sp³-hybridized carbons (Fsp3) is 0.167. The van der Waals surface area contributed by atoms with Gasteiger partial charge in [0.2, 0.25) is 5.82 Å². The van der Waals surface area contributed by atoms with Crippen LogP contribution >= 0.6 is 0 Å². The van der Waals surface area contributed by atoms with Gasteiger partial charge in [-0.2, -0.15) is 9.49 Å². The molecule has 1 aromatic heterocycles. The molecular formula is C12H11FN2O4. The van der Waals surface area contributed by atoms with Crippen molar-refractivity contribution in [1.29, 1.82) is 0 Å². The molecule has 1 heterocycles. The summed E-state index contributed by atoms with van der Waals surface area (Å²) in [7, 11) is 2.79. The van der Waals surface area contributed by atoms with Crippen LogP contribution in [0.25, 0.3) is 11.3 Å². The van der Waals surface area contributed by atoms with Gasteiger partial charge in [-0.1, -0.05) is 0 Å². The van der Waals surface area contributed by atoms with Crippen LogP contribution in [0.15, 0.2) is 18.2 Å². The number of aromatic nitrogens is 2. The van der Waals surface area contributed by atoms with Gasteiger partial charge in [0.05, 0.1) is 12.8 Å².